The summed E-state index contributed by atoms with van der Waals surface area (Å²) in [5, 5.41) is 3.17. The monoisotopic (exact) mass is 392 g/mol. The summed E-state index contributed by atoms with van der Waals surface area (Å²) >= 11 is 1.56. The number of thiazole rings is 1. The molecule has 4 rings (SSSR count). The van der Waals surface area contributed by atoms with Crippen LogP contribution >= 0.6 is 11.3 Å². The van der Waals surface area contributed by atoms with Crippen molar-refractivity contribution in [2.24, 2.45) is 0 Å². The molecule has 0 fully saturated rings. The van der Waals surface area contributed by atoms with Gasteiger partial charge in [-0.1, -0.05) is 30.3 Å². The van der Waals surface area contributed by atoms with E-state index in [1.54, 1.807) is 11.3 Å². The molecule has 4 aromatic rings. The smallest absolute Gasteiger partial charge is 0.334 e. The molecule has 0 aliphatic carbocycles. The molecule has 0 aliphatic rings. The van der Waals surface area contributed by atoms with Gasteiger partial charge in [-0.2, -0.15) is 9.97 Å². The van der Waals surface area contributed by atoms with Gasteiger partial charge >= 0.3 is 5.69 Å². The number of fused-ring (bicyclic) bond motifs is 1. The molecule has 2 aromatic heterocycles. The summed E-state index contributed by atoms with van der Waals surface area (Å²) in [7, 11) is 0. The van der Waals surface area contributed by atoms with Crippen LogP contribution in [-0.2, 0) is 0 Å². The second-order valence-corrected chi connectivity index (χ2v) is 7.22. The first-order valence-corrected chi connectivity index (χ1v) is 9.92. The summed E-state index contributed by atoms with van der Waals surface area (Å²) in [6, 6.07) is 16.0. The molecule has 0 saturated carbocycles. The Hall–Kier alpha value is -3.26. The topological polar surface area (TPSA) is 86.8 Å². The molecule has 2 aromatic carbocycles. The van der Waals surface area contributed by atoms with Gasteiger partial charge in [-0.3, -0.25) is 4.98 Å². The molecular formula is C20H20N6OS. The van der Waals surface area contributed by atoms with E-state index in [0.29, 0.717) is 18.4 Å². The average Bonchev–Trinajstić information content (AvgIpc) is 3.16. The van der Waals surface area contributed by atoms with Crippen molar-refractivity contribution in [2.45, 2.75) is 19.9 Å². The van der Waals surface area contributed by atoms with Gasteiger partial charge in [-0.15, -0.1) is 11.3 Å². The zero-order valence-electron chi connectivity index (χ0n) is 15.6. The molecule has 2 heterocycles. The maximum atomic E-state index is 12.2. The third kappa shape index (κ3) is 3.72. The number of hydrogen-bond acceptors (Lipinski definition) is 7. The average molecular weight is 392 g/mol. The second-order valence-electron chi connectivity index (χ2n) is 6.33. The predicted octanol–water partition coefficient (Wildman–Crippen LogP) is 4.11. The molecule has 0 radical (unpaired) electrons. The van der Waals surface area contributed by atoms with E-state index in [1.807, 2.05) is 53.7 Å². The van der Waals surface area contributed by atoms with Crippen LogP contribution in [0, 0.1) is 0 Å². The first-order valence-electron chi connectivity index (χ1n) is 9.04. The van der Waals surface area contributed by atoms with Crippen molar-refractivity contribution in [2.75, 3.05) is 16.8 Å². The molecule has 0 aliphatic heterocycles. The van der Waals surface area contributed by atoms with E-state index in [9.17, 15) is 4.79 Å². The van der Waals surface area contributed by atoms with Crippen LogP contribution in [0.15, 0.2) is 58.8 Å². The quantitative estimate of drug-likeness (QED) is 0.514. The van der Waals surface area contributed by atoms with Gasteiger partial charge in [0.25, 0.3) is 0 Å². The summed E-state index contributed by atoms with van der Waals surface area (Å²) < 4.78 is 1.06. The van der Waals surface area contributed by atoms with Crippen LogP contribution in [0.25, 0.3) is 10.2 Å². The molecule has 142 valence electrons. The van der Waals surface area contributed by atoms with Gasteiger partial charge in [-0.05, 0) is 37.6 Å². The number of aromatic amines is 1. The first kappa shape index (κ1) is 18.1. The van der Waals surface area contributed by atoms with Crippen LogP contribution in [0.4, 0.5) is 17.6 Å². The Labute approximate surface area is 166 Å². The van der Waals surface area contributed by atoms with Gasteiger partial charge in [-0.25, -0.2) is 9.78 Å². The number of nitrogens with one attached hydrogen (secondary N) is 2. The first-order chi connectivity index (χ1) is 13.6. The van der Waals surface area contributed by atoms with Crippen LogP contribution in [0.3, 0.4) is 0 Å². The molecule has 0 spiro atoms. The van der Waals surface area contributed by atoms with E-state index >= 15 is 0 Å². The fourth-order valence-corrected chi connectivity index (χ4v) is 3.85. The van der Waals surface area contributed by atoms with E-state index < -0.39 is 5.69 Å². The van der Waals surface area contributed by atoms with Crippen LogP contribution in [-0.4, -0.2) is 26.5 Å². The van der Waals surface area contributed by atoms with Crippen molar-refractivity contribution in [1.82, 2.24) is 19.9 Å². The number of nitrogens with zero attached hydrogens (tertiary/aromatic N) is 4. The molecule has 1 atom stereocenters. The number of rotatable bonds is 6. The number of anilines is 3. The second kappa shape index (κ2) is 7.77. The van der Waals surface area contributed by atoms with E-state index in [0.717, 1.165) is 21.5 Å². The molecule has 7 nitrogen and oxygen atoms in total. The summed E-state index contributed by atoms with van der Waals surface area (Å²) in [5.74, 6) is 0.751. The molecule has 2 N–H and O–H groups in total. The molecule has 0 bridgehead atoms. The number of hydrogen-bond donors (Lipinski definition) is 2. The Balaban J connectivity index is 1.64. The highest BCUT2D eigenvalue weighted by Crippen LogP contribution is 2.25. The minimum atomic E-state index is -0.440. The summed E-state index contributed by atoms with van der Waals surface area (Å²) in [5.41, 5.74) is 4.28. The molecule has 28 heavy (non-hydrogen) atoms. The van der Waals surface area contributed by atoms with Crippen molar-refractivity contribution in [3.8, 4) is 0 Å². The van der Waals surface area contributed by atoms with Gasteiger partial charge in [0, 0.05) is 12.2 Å². The maximum Gasteiger partial charge on any atom is 0.351 e. The predicted molar refractivity (Wildman–Crippen MR) is 113 cm³/mol. The fraction of sp³-hybridized carbons (Fsp3) is 0.200. The zero-order valence-corrected chi connectivity index (χ0v) is 16.4. The van der Waals surface area contributed by atoms with Gasteiger partial charge in [0.2, 0.25) is 11.9 Å². The fourth-order valence-electron chi connectivity index (χ4n) is 3.13. The highest BCUT2D eigenvalue weighted by Gasteiger charge is 2.18. The van der Waals surface area contributed by atoms with Crippen molar-refractivity contribution >= 4 is 39.1 Å². The lowest BCUT2D eigenvalue weighted by Gasteiger charge is -2.28. The van der Waals surface area contributed by atoms with Crippen LogP contribution in [0.2, 0.25) is 0 Å². The maximum absolute atomic E-state index is 12.2. The highest BCUT2D eigenvalue weighted by molar-refractivity contribution is 7.16. The van der Waals surface area contributed by atoms with E-state index in [2.05, 4.69) is 44.3 Å². The van der Waals surface area contributed by atoms with Crippen LogP contribution in [0.5, 0.6) is 0 Å². The Bertz CT molecular complexity index is 1140. The Morgan fingerprint density at radius 2 is 2.00 bits per heavy atom. The molecule has 0 saturated heterocycles. The Kier molecular flexibility index (Phi) is 5.03. The molecule has 8 heteroatoms. The lowest BCUT2D eigenvalue weighted by atomic mass is 10.1. The largest absolute Gasteiger partial charge is 0.351 e. The van der Waals surface area contributed by atoms with Crippen molar-refractivity contribution < 1.29 is 0 Å². The minimum absolute atomic E-state index is 0.0365. The standard InChI is InChI=1S/C20H20N6OS/c1-3-26(13(2)14-7-5-4-6-8-14)19-23-18(24-20(27)25-19)22-15-9-10-16-17(11-15)28-12-21-16/h4-13H,3H2,1-2H3,(H2,22,23,24,25,27). The van der Waals surface area contributed by atoms with Crippen molar-refractivity contribution in [3.05, 3.63) is 70.1 Å². The number of H-pyrrole nitrogens is 1. The van der Waals surface area contributed by atoms with E-state index in [1.165, 1.54) is 0 Å². The lowest BCUT2D eigenvalue weighted by Crippen LogP contribution is -2.31. The summed E-state index contributed by atoms with van der Waals surface area (Å²) in [4.78, 5) is 29.8. The number of benzene rings is 2. The van der Waals surface area contributed by atoms with Crippen molar-refractivity contribution in [1.29, 1.82) is 0 Å². The van der Waals surface area contributed by atoms with Gasteiger partial charge in [0.1, 0.15) is 0 Å². The zero-order chi connectivity index (χ0) is 19.5. The molecule has 0 amide bonds. The normalized spacial score (nSPS) is 12.1. The highest BCUT2D eigenvalue weighted by atomic mass is 32.1. The van der Waals surface area contributed by atoms with Gasteiger partial charge in [0.15, 0.2) is 0 Å². The Morgan fingerprint density at radius 3 is 2.79 bits per heavy atom. The third-order valence-electron chi connectivity index (χ3n) is 4.58. The molecule has 1 unspecified atom stereocenters. The van der Waals surface area contributed by atoms with Crippen molar-refractivity contribution in [3.63, 3.8) is 0 Å². The number of aromatic nitrogens is 4. The van der Waals surface area contributed by atoms with Gasteiger partial charge in [0.05, 0.1) is 21.8 Å². The van der Waals surface area contributed by atoms with E-state index in [4.69, 9.17) is 0 Å². The lowest BCUT2D eigenvalue weighted by molar-refractivity contribution is 0.663. The summed E-state index contributed by atoms with van der Waals surface area (Å²) in [6.07, 6.45) is 0. The Morgan fingerprint density at radius 1 is 1.18 bits per heavy atom. The molecular weight excluding hydrogens is 372 g/mol. The van der Waals surface area contributed by atoms with Crippen LogP contribution < -0.4 is 15.9 Å². The summed E-state index contributed by atoms with van der Waals surface area (Å²) in [6.45, 7) is 4.77. The van der Waals surface area contributed by atoms with E-state index in [-0.39, 0.29) is 6.04 Å². The van der Waals surface area contributed by atoms with Gasteiger partial charge < -0.3 is 10.2 Å². The third-order valence-corrected chi connectivity index (χ3v) is 5.37. The van der Waals surface area contributed by atoms with Crippen LogP contribution in [0.1, 0.15) is 25.5 Å². The SMILES string of the molecule is CCN(c1nc(Nc2ccc3ncsc3c2)[nH]c(=O)n1)C(C)c1ccccc1. The minimum Gasteiger partial charge on any atom is -0.334 e.